The molecule has 1 saturated heterocycles. The van der Waals surface area contributed by atoms with Gasteiger partial charge in [-0.15, -0.1) is 11.8 Å². The first-order valence-electron chi connectivity index (χ1n) is 7.52. The number of amides is 1. The van der Waals surface area contributed by atoms with Gasteiger partial charge in [0.2, 0.25) is 5.91 Å². The van der Waals surface area contributed by atoms with Crippen LogP contribution in [0.2, 0.25) is 5.02 Å². The fourth-order valence-corrected chi connectivity index (χ4v) is 3.94. The van der Waals surface area contributed by atoms with Gasteiger partial charge in [0, 0.05) is 35.7 Å². The Labute approximate surface area is 136 Å². The van der Waals surface area contributed by atoms with E-state index in [4.69, 9.17) is 17.3 Å². The van der Waals surface area contributed by atoms with E-state index in [9.17, 15) is 4.79 Å². The fourth-order valence-electron chi connectivity index (χ4n) is 2.77. The van der Waals surface area contributed by atoms with Crippen molar-refractivity contribution in [3.63, 3.8) is 0 Å². The number of thioether (sulfide) groups is 1. The minimum atomic E-state index is 0.0467. The van der Waals surface area contributed by atoms with E-state index in [1.54, 1.807) is 11.8 Å². The second-order valence-electron chi connectivity index (χ2n) is 5.54. The van der Waals surface area contributed by atoms with Crippen LogP contribution in [-0.2, 0) is 4.79 Å². The molecular weight excluding hydrogens is 304 g/mol. The molecule has 0 radical (unpaired) electrons. The monoisotopic (exact) mass is 326 g/mol. The van der Waals surface area contributed by atoms with Crippen LogP contribution in [0.3, 0.4) is 0 Å². The van der Waals surface area contributed by atoms with Crippen molar-refractivity contribution in [3.05, 3.63) is 29.3 Å². The van der Waals surface area contributed by atoms with Gasteiger partial charge in [0.05, 0.1) is 5.02 Å². The summed E-state index contributed by atoms with van der Waals surface area (Å²) in [4.78, 5) is 15.4. The van der Waals surface area contributed by atoms with Gasteiger partial charge in [-0.1, -0.05) is 23.7 Å². The normalized spacial score (nSPS) is 20.3. The molecule has 1 aromatic carbocycles. The van der Waals surface area contributed by atoms with Crippen molar-refractivity contribution in [2.75, 3.05) is 12.3 Å². The molecule has 0 bridgehead atoms. The number of hydrogen-bond acceptors (Lipinski definition) is 3. The molecule has 1 fully saturated rings. The number of halogens is 1. The Hall–Kier alpha value is -0.710. The lowest BCUT2D eigenvalue weighted by Gasteiger charge is -2.38. The Morgan fingerprint density at radius 1 is 1.48 bits per heavy atom. The number of carbonyl (C=O) groups excluding carboxylic acids is 1. The number of likely N-dealkylation sites (tertiary alicyclic amines) is 1. The number of piperidine rings is 1. The maximum atomic E-state index is 12.4. The van der Waals surface area contributed by atoms with Gasteiger partial charge in [0.1, 0.15) is 0 Å². The first-order valence-corrected chi connectivity index (χ1v) is 8.88. The zero-order chi connectivity index (χ0) is 15.2. The minimum Gasteiger partial charge on any atom is -0.338 e. The lowest BCUT2D eigenvalue weighted by molar-refractivity contribution is -0.134. The van der Waals surface area contributed by atoms with Gasteiger partial charge < -0.3 is 10.6 Å². The number of nitrogens with zero attached hydrogens (tertiary/aromatic N) is 1. The second-order valence-corrected chi connectivity index (χ2v) is 7.08. The van der Waals surface area contributed by atoms with Gasteiger partial charge in [-0.05, 0) is 38.3 Å². The number of rotatable bonds is 5. The molecule has 1 amide bonds. The topological polar surface area (TPSA) is 46.3 Å². The summed E-state index contributed by atoms with van der Waals surface area (Å²) in [5.41, 5.74) is 6.02. The largest absolute Gasteiger partial charge is 0.338 e. The molecule has 2 rings (SSSR count). The Morgan fingerprint density at radius 2 is 2.24 bits per heavy atom. The van der Waals surface area contributed by atoms with Gasteiger partial charge in [0.15, 0.2) is 0 Å². The van der Waals surface area contributed by atoms with Crippen LogP contribution in [0, 0.1) is 0 Å². The van der Waals surface area contributed by atoms with Crippen LogP contribution < -0.4 is 5.73 Å². The first kappa shape index (κ1) is 16.7. The number of benzene rings is 1. The van der Waals surface area contributed by atoms with Crippen molar-refractivity contribution in [1.29, 1.82) is 0 Å². The Bertz CT molecular complexity index is 481. The summed E-state index contributed by atoms with van der Waals surface area (Å²) >= 11 is 7.76. The first-order chi connectivity index (χ1) is 10.1. The van der Waals surface area contributed by atoms with Crippen molar-refractivity contribution in [2.24, 2.45) is 5.73 Å². The van der Waals surface area contributed by atoms with E-state index in [0.29, 0.717) is 6.42 Å². The van der Waals surface area contributed by atoms with E-state index >= 15 is 0 Å². The molecule has 0 aliphatic carbocycles. The van der Waals surface area contributed by atoms with Gasteiger partial charge in [-0.3, -0.25) is 4.79 Å². The highest BCUT2D eigenvalue weighted by Gasteiger charge is 2.28. The Balaban J connectivity index is 1.85. The van der Waals surface area contributed by atoms with E-state index in [2.05, 4.69) is 0 Å². The zero-order valence-electron chi connectivity index (χ0n) is 12.4. The zero-order valence-corrected chi connectivity index (χ0v) is 14.0. The average molecular weight is 327 g/mol. The lowest BCUT2D eigenvalue weighted by atomic mass is 9.96. The highest BCUT2D eigenvalue weighted by molar-refractivity contribution is 7.99. The molecule has 21 heavy (non-hydrogen) atoms. The molecule has 0 saturated carbocycles. The Kier molecular flexibility index (Phi) is 6.40. The van der Waals surface area contributed by atoms with E-state index in [-0.39, 0.29) is 18.0 Å². The van der Waals surface area contributed by atoms with E-state index < -0.39 is 0 Å². The Morgan fingerprint density at radius 3 is 2.95 bits per heavy atom. The van der Waals surface area contributed by atoms with Crippen LogP contribution in [0.15, 0.2) is 29.2 Å². The summed E-state index contributed by atoms with van der Waals surface area (Å²) in [5.74, 6) is 0.974. The summed E-state index contributed by atoms with van der Waals surface area (Å²) in [7, 11) is 0. The number of nitrogens with two attached hydrogens (primary N) is 1. The molecule has 2 unspecified atom stereocenters. The molecule has 1 aliphatic heterocycles. The van der Waals surface area contributed by atoms with Crippen LogP contribution in [0.4, 0.5) is 0 Å². The predicted octanol–water partition coefficient (Wildman–Crippen LogP) is 3.55. The third-order valence-corrected chi connectivity index (χ3v) is 5.40. The van der Waals surface area contributed by atoms with E-state index in [1.165, 1.54) is 6.42 Å². The highest BCUT2D eigenvalue weighted by Crippen LogP contribution is 2.27. The number of hydrogen-bond donors (Lipinski definition) is 1. The summed E-state index contributed by atoms with van der Waals surface area (Å²) in [6.07, 6.45) is 3.83. The standard InChI is InChI=1S/C16H23ClN2OS/c1-12(18)14-7-4-5-10-19(14)16(20)9-11-21-15-8-3-2-6-13(15)17/h2-3,6,8,12,14H,4-5,7,9-11,18H2,1H3. The third-order valence-electron chi connectivity index (χ3n) is 3.89. The molecule has 1 heterocycles. The molecule has 0 aromatic heterocycles. The lowest BCUT2D eigenvalue weighted by Crippen LogP contribution is -2.51. The summed E-state index contributed by atoms with van der Waals surface area (Å²) in [6, 6.07) is 8.00. The summed E-state index contributed by atoms with van der Waals surface area (Å²) in [6.45, 7) is 2.84. The molecule has 2 N–H and O–H groups in total. The van der Waals surface area contributed by atoms with Gasteiger partial charge in [-0.2, -0.15) is 0 Å². The van der Waals surface area contributed by atoms with Crippen molar-refractivity contribution < 1.29 is 4.79 Å². The van der Waals surface area contributed by atoms with Crippen LogP contribution in [0.1, 0.15) is 32.6 Å². The second kappa shape index (κ2) is 8.06. The quantitative estimate of drug-likeness (QED) is 0.842. The van der Waals surface area contributed by atoms with Gasteiger partial charge in [-0.25, -0.2) is 0 Å². The number of carbonyl (C=O) groups is 1. The SMILES string of the molecule is CC(N)C1CCCCN1C(=O)CCSc1ccccc1Cl. The predicted molar refractivity (Wildman–Crippen MR) is 89.8 cm³/mol. The smallest absolute Gasteiger partial charge is 0.223 e. The highest BCUT2D eigenvalue weighted by atomic mass is 35.5. The fraction of sp³-hybridized carbons (Fsp3) is 0.562. The summed E-state index contributed by atoms with van der Waals surface area (Å²) < 4.78 is 0. The molecule has 1 aliphatic rings. The van der Waals surface area contributed by atoms with Crippen LogP contribution in [-0.4, -0.2) is 35.2 Å². The van der Waals surface area contributed by atoms with Crippen molar-refractivity contribution in [2.45, 2.75) is 49.6 Å². The van der Waals surface area contributed by atoms with Crippen LogP contribution in [0.5, 0.6) is 0 Å². The van der Waals surface area contributed by atoms with Crippen molar-refractivity contribution in [1.82, 2.24) is 4.90 Å². The van der Waals surface area contributed by atoms with Gasteiger partial charge >= 0.3 is 0 Å². The van der Waals surface area contributed by atoms with Crippen LogP contribution >= 0.6 is 23.4 Å². The van der Waals surface area contributed by atoms with Gasteiger partial charge in [0.25, 0.3) is 0 Å². The van der Waals surface area contributed by atoms with Crippen molar-refractivity contribution in [3.8, 4) is 0 Å². The molecule has 1 aromatic rings. The maximum Gasteiger partial charge on any atom is 0.223 e. The van der Waals surface area contributed by atoms with E-state index in [0.717, 1.165) is 35.1 Å². The minimum absolute atomic E-state index is 0.0467. The molecule has 116 valence electrons. The molecule has 3 nitrogen and oxygen atoms in total. The molecule has 0 spiro atoms. The van der Waals surface area contributed by atoms with E-state index in [1.807, 2.05) is 36.1 Å². The maximum absolute atomic E-state index is 12.4. The van der Waals surface area contributed by atoms with Crippen molar-refractivity contribution >= 4 is 29.3 Å². The molecule has 5 heteroatoms. The molecular formula is C16H23ClN2OS. The molecule has 2 atom stereocenters. The summed E-state index contributed by atoms with van der Waals surface area (Å²) in [5, 5.41) is 0.751. The van der Waals surface area contributed by atoms with Crippen LogP contribution in [0.25, 0.3) is 0 Å². The third kappa shape index (κ3) is 4.63. The average Bonchev–Trinajstić information content (AvgIpc) is 2.49.